The fraction of sp³-hybridized carbons (Fsp3) is 0.462. The Morgan fingerprint density at radius 3 is 2.44 bits per heavy atom. The second-order valence-corrected chi connectivity index (χ2v) is 4.11. The van der Waals surface area contributed by atoms with E-state index >= 15 is 0 Å². The van der Waals surface area contributed by atoms with Crippen LogP contribution in [0.15, 0.2) is 24.3 Å². The molecule has 0 heterocycles. The number of Topliss-reactive ketones (excluding diaryl/α,β-unsaturated/α-hetero) is 1. The van der Waals surface area contributed by atoms with E-state index in [4.69, 9.17) is 0 Å². The maximum Gasteiger partial charge on any atom is 0.154 e. The highest BCUT2D eigenvalue weighted by Gasteiger charge is 2.13. The summed E-state index contributed by atoms with van der Waals surface area (Å²) in [5, 5.41) is 0. The molecule has 1 aromatic carbocycles. The Morgan fingerprint density at radius 2 is 1.94 bits per heavy atom. The maximum atomic E-state index is 12.7. The summed E-state index contributed by atoms with van der Waals surface area (Å²) in [5.41, 5.74) is 0.859. The van der Waals surface area contributed by atoms with Crippen molar-refractivity contribution in [1.29, 1.82) is 0 Å². The molecule has 0 saturated heterocycles. The molecule has 0 aliphatic heterocycles. The maximum absolute atomic E-state index is 12.7. The normalized spacial score (nSPS) is 12.2. The minimum Gasteiger partial charge on any atom is -0.367 e. The Morgan fingerprint density at radius 1 is 1.38 bits per heavy atom. The summed E-state index contributed by atoms with van der Waals surface area (Å²) in [6.07, 6.45) is 0.857. The summed E-state index contributed by atoms with van der Waals surface area (Å²) < 4.78 is 12.7. The molecule has 0 saturated carbocycles. The Labute approximate surface area is 96.1 Å². The molecule has 2 nitrogen and oxygen atoms in total. The van der Waals surface area contributed by atoms with Crippen LogP contribution in [0.25, 0.3) is 0 Å². The van der Waals surface area contributed by atoms with Crippen molar-refractivity contribution in [2.45, 2.75) is 20.3 Å². The van der Waals surface area contributed by atoms with Crippen LogP contribution in [0.5, 0.6) is 0 Å². The van der Waals surface area contributed by atoms with Crippen molar-refractivity contribution in [3.05, 3.63) is 30.1 Å². The van der Waals surface area contributed by atoms with Crippen LogP contribution >= 0.6 is 0 Å². The number of ketones is 1. The van der Waals surface area contributed by atoms with Gasteiger partial charge in [-0.3, -0.25) is 4.79 Å². The molecular formula is C13H18FNO. The highest BCUT2D eigenvalue weighted by Crippen LogP contribution is 2.14. The molecule has 0 aliphatic rings. The number of carbonyl (C=O) groups excluding carboxylic acids is 1. The average molecular weight is 223 g/mol. The molecule has 3 heteroatoms. The molecule has 0 amide bonds. The first kappa shape index (κ1) is 12.7. The number of hydrogen-bond acceptors (Lipinski definition) is 2. The number of nitrogens with zero attached hydrogens (tertiary/aromatic N) is 1. The lowest BCUT2D eigenvalue weighted by atomic mass is 10.0. The van der Waals surface area contributed by atoms with Gasteiger partial charge in [0.2, 0.25) is 0 Å². The average Bonchev–Trinajstić information content (AvgIpc) is 2.28. The summed E-state index contributed by atoms with van der Waals surface area (Å²) in [5.74, 6) is 0.0441. The molecule has 0 aliphatic carbocycles. The van der Waals surface area contributed by atoms with Crippen LogP contribution in [0.3, 0.4) is 0 Å². The van der Waals surface area contributed by atoms with Crippen LogP contribution in [0.4, 0.5) is 10.1 Å². The van der Waals surface area contributed by atoms with Crippen LogP contribution in [-0.4, -0.2) is 19.4 Å². The lowest BCUT2D eigenvalue weighted by molar-refractivity contribution is -0.121. The first-order chi connectivity index (χ1) is 7.54. The van der Waals surface area contributed by atoms with Gasteiger partial charge in [0.1, 0.15) is 5.82 Å². The second-order valence-electron chi connectivity index (χ2n) is 4.11. The number of rotatable bonds is 5. The van der Waals surface area contributed by atoms with E-state index in [1.165, 1.54) is 12.1 Å². The highest BCUT2D eigenvalue weighted by molar-refractivity contribution is 5.85. The number of hydrogen-bond donors (Lipinski definition) is 0. The number of anilines is 1. The quantitative estimate of drug-likeness (QED) is 0.765. The van der Waals surface area contributed by atoms with E-state index in [0.29, 0.717) is 6.54 Å². The van der Waals surface area contributed by atoms with Crippen molar-refractivity contribution in [2.24, 2.45) is 5.92 Å². The SMILES string of the molecule is CCC(C)C(=O)CN(C)c1ccc(F)cc1. The molecule has 0 bridgehead atoms. The Kier molecular flexibility index (Phi) is 4.47. The predicted molar refractivity (Wildman–Crippen MR) is 64.1 cm³/mol. The lowest BCUT2D eigenvalue weighted by Gasteiger charge is -2.20. The monoisotopic (exact) mass is 223 g/mol. The molecule has 0 spiro atoms. The topological polar surface area (TPSA) is 20.3 Å². The fourth-order valence-electron chi connectivity index (χ4n) is 1.40. The van der Waals surface area contributed by atoms with Gasteiger partial charge in [-0.1, -0.05) is 13.8 Å². The van der Waals surface area contributed by atoms with Gasteiger partial charge in [0.05, 0.1) is 6.54 Å². The van der Waals surface area contributed by atoms with E-state index in [0.717, 1.165) is 12.1 Å². The van der Waals surface area contributed by atoms with Crippen LogP contribution in [0, 0.1) is 11.7 Å². The highest BCUT2D eigenvalue weighted by atomic mass is 19.1. The molecule has 1 rings (SSSR count). The molecule has 16 heavy (non-hydrogen) atoms. The van der Waals surface area contributed by atoms with Gasteiger partial charge in [-0.25, -0.2) is 4.39 Å². The molecule has 1 unspecified atom stereocenters. The fourth-order valence-corrected chi connectivity index (χ4v) is 1.40. The number of benzene rings is 1. The molecule has 0 radical (unpaired) electrons. The van der Waals surface area contributed by atoms with E-state index in [9.17, 15) is 9.18 Å². The Bertz CT molecular complexity index is 347. The minimum atomic E-state index is -0.259. The van der Waals surface area contributed by atoms with Crippen LogP contribution in [-0.2, 0) is 4.79 Å². The minimum absolute atomic E-state index is 0.0860. The van der Waals surface area contributed by atoms with Gasteiger partial charge in [-0.15, -0.1) is 0 Å². The Hall–Kier alpha value is -1.38. The summed E-state index contributed by atoms with van der Waals surface area (Å²) in [4.78, 5) is 13.6. The van der Waals surface area contributed by atoms with E-state index < -0.39 is 0 Å². The molecular weight excluding hydrogens is 205 g/mol. The first-order valence-electron chi connectivity index (χ1n) is 5.54. The van der Waals surface area contributed by atoms with Crippen molar-refractivity contribution in [3.63, 3.8) is 0 Å². The molecule has 0 fully saturated rings. The standard InChI is InChI=1S/C13H18FNO/c1-4-10(2)13(16)9-15(3)12-7-5-11(14)6-8-12/h5-8,10H,4,9H2,1-3H3. The third kappa shape index (κ3) is 3.33. The van der Waals surface area contributed by atoms with Gasteiger partial charge in [0.25, 0.3) is 0 Å². The molecule has 0 aromatic heterocycles. The summed E-state index contributed by atoms with van der Waals surface area (Å²) in [6.45, 7) is 4.31. The van der Waals surface area contributed by atoms with E-state index in [1.807, 2.05) is 25.8 Å². The summed E-state index contributed by atoms with van der Waals surface area (Å²) in [7, 11) is 1.84. The van der Waals surface area contributed by atoms with Gasteiger partial charge in [0, 0.05) is 18.7 Å². The zero-order valence-electron chi connectivity index (χ0n) is 10.0. The van der Waals surface area contributed by atoms with Crippen LogP contribution in [0.1, 0.15) is 20.3 Å². The van der Waals surface area contributed by atoms with Crippen LogP contribution < -0.4 is 4.90 Å². The zero-order valence-corrected chi connectivity index (χ0v) is 10.0. The van der Waals surface area contributed by atoms with Gasteiger partial charge in [-0.2, -0.15) is 0 Å². The smallest absolute Gasteiger partial charge is 0.154 e. The summed E-state index contributed by atoms with van der Waals surface area (Å²) >= 11 is 0. The second kappa shape index (κ2) is 5.64. The van der Waals surface area contributed by atoms with E-state index in [-0.39, 0.29) is 17.5 Å². The van der Waals surface area contributed by atoms with Gasteiger partial charge in [0.15, 0.2) is 5.78 Å². The molecule has 1 atom stereocenters. The zero-order chi connectivity index (χ0) is 12.1. The van der Waals surface area contributed by atoms with Gasteiger partial charge in [-0.05, 0) is 30.7 Å². The van der Waals surface area contributed by atoms with E-state index in [2.05, 4.69) is 0 Å². The van der Waals surface area contributed by atoms with Crippen molar-refractivity contribution in [2.75, 3.05) is 18.5 Å². The lowest BCUT2D eigenvalue weighted by Crippen LogP contribution is -2.29. The van der Waals surface area contributed by atoms with Crippen molar-refractivity contribution < 1.29 is 9.18 Å². The third-order valence-corrected chi connectivity index (χ3v) is 2.82. The van der Waals surface area contributed by atoms with E-state index in [1.54, 1.807) is 12.1 Å². The van der Waals surface area contributed by atoms with Crippen molar-refractivity contribution >= 4 is 11.5 Å². The predicted octanol–water partition coefficient (Wildman–Crippen LogP) is 2.88. The number of likely N-dealkylation sites (N-methyl/N-ethyl adjacent to an activating group) is 1. The first-order valence-corrected chi connectivity index (χ1v) is 5.54. The van der Waals surface area contributed by atoms with Gasteiger partial charge >= 0.3 is 0 Å². The van der Waals surface area contributed by atoms with Crippen molar-refractivity contribution in [1.82, 2.24) is 0 Å². The summed E-state index contributed by atoms with van der Waals surface area (Å²) in [6, 6.07) is 6.16. The third-order valence-electron chi connectivity index (χ3n) is 2.82. The molecule has 1 aromatic rings. The molecule has 0 N–H and O–H groups in total. The Balaban J connectivity index is 2.62. The molecule has 88 valence electrons. The van der Waals surface area contributed by atoms with Crippen molar-refractivity contribution in [3.8, 4) is 0 Å². The van der Waals surface area contributed by atoms with Gasteiger partial charge < -0.3 is 4.90 Å². The number of carbonyl (C=O) groups is 1. The number of halogens is 1. The van der Waals surface area contributed by atoms with Crippen LogP contribution in [0.2, 0.25) is 0 Å². The largest absolute Gasteiger partial charge is 0.367 e.